The molecule has 0 atom stereocenters. The number of fused-ring (bicyclic) bond motifs is 2. The summed E-state index contributed by atoms with van der Waals surface area (Å²) in [6.07, 6.45) is 8.32. The van der Waals surface area contributed by atoms with E-state index in [-0.39, 0.29) is 0 Å². The fourth-order valence-electron chi connectivity index (χ4n) is 5.40. The van der Waals surface area contributed by atoms with Gasteiger partial charge in [-0.25, -0.2) is 4.98 Å². The Kier molecular flexibility index (Phi) is 4.99. The molecule has 3 aromatic heterocycles. The van der Waals surface area contributed by atoms with E-state index in [1.807, 2.05) is 12.4 Å². The average molecular weight is 477 g/mol. The Balaban J connectivity index is 1.28. The fraction of sp³-hybridized carbons (Fsp3) is 0.320. The maximum absolute atomic E-state index is 6.41. The molecule has 1 spiro atoms. The van der Waals surface area contributed by atoms with E-state index in [4.69, 9.17) is 17.3 Å². The maximum Gasteiger partial charge on any atom is 0.176 e. The summed E-state index contributed by atoms with van der Waals surface area (Å²) in [4.78, 5) is 8.45. The monoisotopic (exact) mass is 476 g/mol. The SMILES string of the molecule is Cc1cc(N2CCC3(CC2)Cc2ccccc2C3)n2cnnc2c1Sc1ccnc(N)c1Cl. The number of aryl methyl sites for hydroxylation is 1. The first kappa shape index (κ1) is 20.8. The molecule has 2 aliphatic rings. The van der Waals surface area contributed by atoms with Gasteiger partial charge in [-0.3, -0.25) is 4.40 Å². The van der Waals surface area contributed by atoms with E-state index < -0.39 is 0 Å². The van der Waals surface area contributed by atoms with Crippen LogP contribution in [0.4, 0.5) is 11.6 Å². The zero-order chi connectivity index (χ0) is 22.6. The molecule has 1 fully saturated rings. The van der Waals surface area contributed by atoms with Crippen molar-refractivity contribution >= 4 is 40.6 Å². The molecule has 6 rings (SSSR count). The molecule has 33 heavy (non-hydrogen) atoms. The third-order valence-corrected chi connectivity index (χ3v) is 8.97. The van der Waals surface area contributed by atoms with E-state index in [0.29, 0.717) is 16.3 Å². The summed E-state index contributed by atoms with van der Waals surface area (Å²) in [6.45, 7) is 4.21. The quantitative estimate of drug-likeness (QED) is 0.438. The number of nitrogens with zero attached hydrogens (tertiary/aromatic N) is 5. The van der Waals surface area contributed by atoms with Crippen molar-refractivity contribution in [1.82, 2.24) is 19.6 Å². The number of aromatic nitrogens is 4. The summed E-state index contributed by atoms with van der Waals surface area (Å²) < 4.78 is 2.11. The van der Waals surface area contributed by atoms with E-state index in [1.54, 1.807) is 29.1 Å². The summed E-state index contributed by atoms with van der Waals surface area (Å²) in [6, 6.07) is 13.1. The predicted molar refractivity (Wildman–Crippen MR) is 133 cm³/mol. The number of halogens is 1. The third kappa shape index (κ3) is 3.54. The van der Waals surface area contributed by atoms with Crippen LogP contribution >= 0.6 is 23.4 Å². The van der Waals surface area contributed by atoms with E-state index in [0.717, 1.165) is 39.9 Å². The molecule has 0 radical (unpaired) electrons. The van der Waals surface area contributed by atoms with Crippen LogP contribution in [0, 0.1) is 12.3 Å². The van der Waals surface area contributed by atoms with Crippen molar-refractivity contribution in [3.63, 3.8) is 0 Å². The Morgan fingerprint density at radius 1 is 1.09 bits per heavy atom. The molecule has 0 saturated carbocycles. The fourth-order valence-corrected chi connectivity index (χ4v) is 6.62. The minimum atomic E-state index is 0.338. The highest BCUT2D eigenvalue weighted by Gasteiger charge is 2.40. The number of hydrogen-bond donors (Lipinski definition) is 1. The molecule has 2 N–H and O–H groups in total. The van der Waals surface area contributed by atoms with Crippen LogP contribution < -0.4 is 10.6 Å². The summed E-state index contributed by atoms with van der Waals surface area (Å²) in [5.74, 6) is 1.49. The van der Waals surface area contributed by atoms with Gasteiger partial charge < -0.3 is 10.6 Å². The third-order valence-electron chi connectivity index (χ3n) is 7.19. The first-order valence-corrected chi connectivity index (χ1v) is 12.5. The number of piperidine rings is 1. The molecule has 1 aliphatic heterocycles. The van der Waals surface area contributed by atoms with E-state index in [9.17, 15) is 0 Å². The summed E-state index contributed by atoms with van der Waals surface area (Å²) >= 11 is 7.97. The average Bonchev–Trinajstić information content (AvgIpc) is 3.44. The second-order valence-electron chi connectivity index (χ2n) is 9.26. The Morgan fingerprint density at radius 2 is 1.82 bits per heavy atom. The Morgan fingerprint density at radius 3 is 2.55 bits per heavy atom. The van der Waals surface area contributed by atoms with Crippen molar-refractivity contribution < 1.29 is 0 Å². The van der Waals surface area contributed by atoms with Gasteiger partial charge in [0.1, 0.15) is 18.0 Å². The van der Waals surface area contributed by atoms with Crippen molar-refractivity contribution in [3.8, 4) is 0 Å². The Hall–Kier alpha value is -2.77. The summed E-state index contributed by atoms with van der Waals surface area (Å²) in [7, 11) is 0. The minimum Gasteiger partial charge on any atom is -0.382 e. The van der Waals surface area contributed by atoms with Gasteiger partial charge in [0.05, 0.1) is 9.92 Å². The van der Waals surface area contributed by atoms with Crippen molar-refractivity contribution in [3.05, 3.63) is 70.6 Å². The maximum atomic E-state index is 6.41. The Labute approximate surface area is 202 Å². The number of nitrogen functional groups attached to an aromatic ring is 1. The van der Waals surface area contributed by atoms with Crippen LogP contribution in [-0.4, -0.2) is 32.7 Å². The largest absolute Gasteiger partial charge is 0.382 e. The highest BCUT2D eigenvalue weighted by atomic mass is 35.5. The molecule has 4 heterocycles. The van der Waals surface area contributed by atoms with Gasteiger partial charge in [-0.2, -0.15) is 0 Å². The lowest BCUT2D eigenvalue weighted by molar-refractivity contribution is 0.232. The van der Waals surface area contributed by atoms with Crippen molar-refractivity contribution in [2.75, 3.05) is 23.7 Å². The number of rotatable bonds is 3. The molecule has 6 nitrogen and oxygen atoms in total. The lowest BCUT2D eigenvalue weighted by Gasteiger charge is -2.40. The first-order chi connectivity index (χ1) is 16.0. The second-order valence-corrected chi connectivity index (χ2v) is 10.7. The van der Waals surface area contributed by atoms with Gasteiger partial charge in [-0.15, -0.1) is 10.2 Å². The molecule has 1 saturated heterocycles. The molecule has 1 aromatic carbocycles. The summed E-state index contributed by atoms with van der Waals surface area (Å²) in [5.41, 5.74) is 11.4. The molecule has 0 unspecified atom stereocenters. The molecule has 1 aliphatic carbocycles. The normalized spacial score (nSPS) is 17.1. The molecule has 168 valence electrons. The molecular weight excluding hydrogens is 452 g/mol. The van der Waals surface area contributed by atoms with Crippen molar-refractivity contribution in [1.29, 1.82) is 0 Å². The zero-order valence-electron chi connectivity index (χ0n) is 18.5. The zero-order valence-corrected chi connectivity index (χ0v) is 20.0. The number of hydrogen-bond acceptors (Lipinski definition) is 6. The van der Waals surface area contributed by atoms with Crippen LogP contribution in [0.2, 0.25) is 5.02 Å². The number of nitrogens with two attached hydrogens (primary N) is 1. The second kappa shape index (κ2) is 7.92. The smallest absolute Gasteiger partial charge is 0.176 e. The van der Waals surface area contributed by atoms with Gasteiger partial charge in [0.15, 0.2) is 5.65 Å². The van der Waals surface area contributed by atoms with Crippen molar-refractivity contribution in [2.45, 2.75) is 42.4 Å². The topological polar surface area (TPSA) is 72.3 Å². The van der Waals surface area contributed by atoms with Crippen LogP contribution in [0.3, 0.4) is 0 Å². The van der Waals surface area contributed by atoms with Crippen molar-refractivity contribution in [2.24, 2.45) is 5.41 Å². The van der Waals surface area contributed by atoms with Gasteiger partial charge in [-0.05, 0) is 66.8 Å². The number of pyridine rings is 2. The van der Waals surface area contributed by atoms with E-state index in [1.165, 1.54) is 25.7 Å². The van der Waals surface area contributed by atoms with Gasteiger partial charge in [-0.1, -0.05) is 47.6 Å². The molecular formula is C25H25ClN6S. The lowest BCUT2D eigenvalue weighted by atomic mass is 9.76. The molecule has 8 heteroatoms. The van der Waals surface area contributed by atoms with Crippen LogP contribution in [0.25, 0.3) is 5.65 Å². The number of anilines is 2. The highest BCUT2D eigenvalue weighted by molar-refractivity contribution is 7.99. The molecule has 0 amide bonds. The van der Waals surface area contributed by atoms with Crippen LogP contribution in [0.15, 0.2) is 58.7 Å². The Bertz CT molecular complexity index is 1330. The van der Waals surface area contributed by atoms with Gasteiger partial charge in [0.2, 0.25) is 0 Å². The van der Waals surface area contributed by atoms with Gasteiger partial charge >= 0.3 is 0 Å². The van der Waals surface area contributed by atoms with Gasteiger partial charge in [0, 0.05) is 24.2 Å². The summed E-state index contributed by atoms with van der Waals surface area (Å²) in [5, 5.41) is 9.17. The number of benzene rings is 1. The van der Waals surface area contributed by atoms with Crippen LogP contribution in [0.5, 0.6) is 0 Å². The lowest BCUT2D eigenvalue weighted by Crippen LogP contribution is -2.41. The van der Waals surface area contributed by atoms with Crippen LogP contribution in [0.1, 0.15) is 29.5 Å². The molecule has 0 bridgehead atoms. The van der Waals surface area contributed by atoms with Gasteiger partial charge in [0.25, 0.3) is 0 Å². The molecule has 4 aromatic rings. The van der Waals surface area contributed by atoms with E-state index in [2.05, 4.69) is 61.7 Å². The minimum absolute atomic E-state index is 0.338. The van der Waals surface area contributed by atoms with E-state index >= 15 is 0 Å². The predicted octanol–water partition coefficient (Wildman–Crippen LogP) is 5.20. The standard InChI is InChI=1S/C25H25ClN6S/c1-16-12-20(31-10-7-25(8-11-31)13-17-4-2-3-5-18(17)14-25)32-15-29-30-24(32)22(16)33-19-6-9-28-23(27)21(19)26/h2-6,9,12,15H,7-8,10-11,13-14H2,1H3,(H2,27,28). The highest BCUT2D eigenvalue weighted by Crippen LogP contribution is 2.46. The first-order valence-electron chi connectivity index (χ1n) is 11.3. The van der Waals surface area contributed by atoms with Crippen LogP contribution in [-0.2, 0) is 12.8 Å².